The number of hydrogen-bond acceptors (Lipinski definition) is 6. The van der Waals surface area contributed by atoms with E-state index >= 15 is 0 Å². The molecule has 27 heavy (non-hydrogen) atoms. The summed E-state index contributed by atoms with van der Waals surface area (Å²) in [7, 11) is 0. The number of ether oxygens (including phenoxy) is 1. The average Bonchev–Trinajstić information content (AvgIpc) is 2.55. The molecule has 0 aromatic heterocycles. The number of phenols is 1. The largest absolute Gasteiger partial charge is 0.507 e. The highest BCUT2D eigenvalue weighted by molar-refractivity contribution is 5.85. The summed E-state index contributed by atoms with van der Waals surface area (Å²) in [4.78, 5) is 4.36. The van der Waals surface area contributed by atoms with Crippen LogP contribution in [0, 0.1) is 0 Å². The molecule has 0 spiro atoms. The van der Waals surface area contributed by atoms with Gasteiger partial charge in [-0.25, -0.2) is 0 Å². The molecule has 2 unspecified atom stereocenters. The Hall–Kier alpha value is -1.47. The molecule has 4 atom stereocenters. The lowest BCUT2D eigenvalue weighted by Gasteiger charge is -2.35. The third kappa shape index (κ3) is 4.88. The fourth-order valence-corrected chi connectivity index (χ4v) is 3.09. The fraction of sp³-hybridized carbons (Fsp3) is 0.667. The van der Waals surface area contributed by atoms with Gasteiger partial charge in [0.15, 0.2) is 0 Å². The van der Waals surface area contributed by atoms with E-state index in [4.69, 9.17) is 9.84 Å². The first-order chi connectivity index (χ1) is 12.4. The van der Waals surface area contributed by atoms with E-state index in [0.717, 1.165) is 11.1 Å². The Morgan fingerprint density at radius 2 is 1.70 bits per heavy atom. The molecule has 6 heteroatoms. The van der Waals surface area contributed by atoms with E-state index in [1.54, 1.807) is 0 Å². The number of aliphatic hydroxyl groups excluding tert-OH is 3. The lowest BCUT2D eigenvalue weighted by molar-refractivity contribution is -0.155. The number of phenolic OH excluding ortho intramolecular Hbond substituents is 1. The lowest BCUT2D eigenvalue weighted by atomic mass is 9.79. The summed E-state index contributed by atoms with van der Waals surface area (Å²) < 4.78 is 5.36. The molecular weight excluding hydrogens is 346 g/mol. The molecule has 1 saturated heterocycles. The van der Waals surface area contributed by atoms with Crippen LogP contribution in [-0.4, -0.2) is 64.2 Å². The van der Waals surface area contributed by atoms with E-state index in [1.807, 2.05) is 32.9 Å². The van der Waals surface area contributed by atoms with Crippen LogP contribution in [0.3, 0.4) is 0 Å². The maximum absolute atomic E-state index is 10.8. The molecule has 0 radical (unpaired) electrons. The SMILES string of the molecule is CC(C)(C)c1cc(C=NC2CO[C@@H](CO)[C@@H](O)C2O)c(O)c(C(C)(C)C)c1. The van der Waals surface area contributed by atoms with E-state index < -0.39 is 24.4 Å². The Morgan fingerprint density at radius 1 is 1.07 bits per heavy atom. The third-order valence-electron chi connectivity index (χ3n) is 5.00. The van der Waals surface area contributed by atoms with Crippen molar-refractivity contribution in [3.05, 3.63) is 28.8 Å². The predicted molar refractivity (Wildman–Crippen MR) is 106 cm³/mol. The van der Waals surface area contributed by atoms with Crippen LogP contribution in [-0.2, 0) is 15.6 Å². The van der Waals surface area contributed by atoms with Crippen molar-refractivity contribution in [3.63, 3.8) is 0 Å². The predicted octanol–water partition coefficient (Wildman–Crippen LogP) is 1.89. The zero-order valence-corrected chi connectivity index (χ0v) is 17.1. The Kier molecular flexibility index (Phi) is 6.37. The highest BCUT2D eigenvalue weighted by Crippen LogP contribution is 2.37. The number of hydrogen-bond donors (Lipinski definition) is 4. The van der Waals surface area contributed by atoms with Crippen molar-refractivity contribution in [2.75, 3.05) is 13.2 Å². The van der Waals surface area contributed by atoms with Gasteiger partial charge >= 0.3 is 0 Å². The van der Waals surface area contributed by atoms with Gasteiger partial charge in [0.2, 0.25) is 0 Å². The van der Waals surface area contributed by atoms with Gasteiger partial charge in [0, 0.05) is 17.3 Å². The second kappa shape index (κ2) is 7.87. The molecule has 0 aliphatic carbocycles. The van der Waals surface area contributed by atoms with Crippen molar-refractivity contribution in [1.82, 2.24) is 0 Å². The van der Waals surface area contributed by atoms with Gasteiger partial charge in [-0.05, 0) is 22.5 Å². The van der Waals surface area contributed by atoms with Crippen molar-refractivity contribution in [1.29, 1.82) is 0 Å². The summed E-state index contributed by atoms with van der Waals surface area (Å²) in [5.74, 6) is 0.166. The molecule has 1 aliphatic rings. The van der Waals surface area contributed by atoms with E-state index in [0.29, 0.717) is 5.56 Å². The number of aromatic hydroxyl groups is 1. The fourth-order valence-electron chi connectivity index (χ4n) is 3.09. The van der Waals surface area contributed by atoms with Gasteiger partial charge in [-0.15, -0.1) is 0 Å². The van der Waals surface area contributed by atoms with Crippen LogP contribution >= 0.6 is 0 Å². The number of benzene rings is 1. The third-order valence-corrected chi connectivity index (χ3v) is 5.00. The minimum Gasteiger partial charge on any atom is -0.507 e. The molecule has 0 saturated carbocycles. The van der Waals surface area contributed by atoms with Crippen LogP contribution in [0.25, 0.3) is 0 Å². The average molecular weight is 379 g/mol. The normalized spacial score (nSPS) is 27.3. The smallest absolute Gasteiger partial charge is 0.128 e. The quantitative estimate of drug-likeness (QED) is 0.601. The Labute approximate surface area is 161 Å². The van der Waals surface area contributed by atoms with Gasteiger partial charge in [-0.2, -0.15) is 0 Å². The monoisotopic (exact) mass is 379 g/mol. The van der Waals surface area contributed by atoms with Gasteiger partial charge in [-0.3, -0.25) is 4.99 Å². The van der Waals surface area contributed by atoms with Crippen LogP contribution in [0.4, 0.5) is 0 Å². The lowest BCUT2D eigenvalue weighted by Crippen LogP contribution is -2.53. The first kappa shape index (κ1) is 21.8. The summed E-state index contributed by atoms with van der Waals surface area (Å²) >= 11 is 0. The summed E-state index contributed by atoms with van der Waals surface area (Å²) in [6, 6.07) is 3.26. The van der Waals surface area contributed by atoms with Gasteiger partial charge < -0.3 is 25.2 Å². The first-order valence-corrected chi connectivity index (χ1v) is 9.36. The van der Waals surface area contributed by atoms with Crippen LogP contribution in [0.15, 0.2) is 17.1 Å². The molecule has 1 aromatic carbocycles. The van der Waals surface area contributed by atoms with Crippen molar-refractivity contribution < 1.29 is 25.2 Å². The van der Waals surface area contributed by atoms with Gasteiger partial charge in [0.05, 0.1) is 13.2 Å². The van der Waals surface area contributed by atoms with E-state index in [9.17, 15) is 15.3 Å². The topological polar surface area (TPSA) is 103 Å². The number of rotatable bonds is 3. The zero-order chi connectivity index (χ0) is 20.6. The number of aliphatic imine (C=N–C) groups is 1. The minimum atomic E-state index is -1.20. The molecule has 2 rings (SSSR count). The molecule has 0 amide bonds. The highest BCUT2D eigenvalue weighted by atomic mass is 16.5. The second-order valence-electron chi connectivity index (χ2n) is 9.34. The zero-order valence-electron chi connectivity index (χ0n) is 17.1. The van der Waals surface area contributed by atoms with Crippen LogP contribution in [0.2, 0.25) is 0 Å². The number of nitrogens with zero attached hydrogens (tertiary/aromatic N) is 1. The molecule has 1 heterocycles. The molecule has 4 N–H and O–H groups in total. The maximum Gasteiger partial charge on any atom is 0.128 e. The Bertz CT molecular complexity index is 687. The van der Waals surface area contributed by atoms with Crippen molar-refractivity contribution >= 4 is 6.21 Å². The van der Waals surface area contributed by atoms with E-state index in [1.165, 1.54) is 6.21 Å². The van der Waals surface area contributed by atoms with Crippen molar-refractivity contribution in [2.24, 2.45) is 4.99 Å². The van der Waals surface area contributed by atoms with Gasteiger partial charge in [0.1, 0.15) is 30.1 Å². The molecular formula is C21H33NO5. The van der Waals surface area contributed by atoms with Crippen molar-refractivity contribution in [2.45, 2.75) is 76.7 Å². The summed E-state index contributed by atoms with van der Waals surface area (Å²) in [5, 5.41) is 40.2. The molecule has 1 aliphatic heterocycles. The summed E-state index contributed by atoms with van der Waals surface area (Å²) in [6.45, 7) is 12.2. The molecule has 1 aromatic rings. The van der Waals surface area contributed by atoms with E-state index in [2.05, 4.69) is 25.8 Å². The number of aliphatic hydroxyl groups is 3. The standard InChI is InChI=1S/C21H33NO5/c1-20(2,3)13-7-12(17(24)14(8-13)21(4,5)6)9-22-15-11-27-16(10-23)19(26)18(15)25/h7-9,15-16,18-19,23-26H,10-11H2,1-6H3/t15?,16-,18?,19+/m0/s1. The Balaban J connectivity index is 2.39. The van der Waals surface area contributed by atoms with Gasteiger partial charge in [-0.1, -0.05) is 47.6 Å². The highest BCUT2D eigenvalue weighted by Gasteiger charge is 2.37. The van der Waals surface area contributed by atoms with Crippen LogP contribution in [0.5, 0.6) is 5.75 Å². The summed E-state index contributed by atoms with van der Waals surface area (Å²) in [5.41, 5.74) is 2.13. The molecule has 6 nitrogen and oxygen atoms in total. The molecule has 0 bridgehead atoms. The molecule has 1 fully saturated rings. The van der Waals surface area contributed by atoms with Crippen LogP contribution < -0.4 is 0 Å². The Morgan fingerprint density at radius 3 is 2.22 bits per heavy atom. The second-order valence-corrected chi connectivity index (χ2v) is 9.34. The first-order valence-electron chi connectivity index (χ1n) is 9.36. The van der Waals surface area contributed by atoms with Crippen LogP contribution in [0.1, 0.15) is 58.2 Å². The minimum absolute atomic E-state index is 0.0891. The summed E-state index contributed by atoms with van der Waals surface area (Å²) in [6.07, 6.45) is -1.62. The van der Waals surface area contributed by atoms with E-state index in [-0.39, 0.29) is 29.8 Å². The maximum atomic E-state index is 10.8. The molecule has 152 valence electrons. The van der Waals surface area contributed by atoms with Gasteiger partial charge in [0.25, 0.3) is 0 Å². The van der Waals surface area contributed by atoms with Crippen molar-refractivity contribution in [3.8, 4) is 5.75 Å².